The molecule has 2 aliphatic rings. The Labute approximate surface area is 136 Å². The summed E-state index contributed by atoms with van der Waals surface area (Å²) < 4.78 is 4.27. The number of anilines is 1. The van der Waals surface area contributed by atoms with Crippen molar-refractivity contribution in [2.45, 2.75) is 51.9 Å². The zero-order valence-electron chi connectivity index (χ0n) is 13.5. The third-order valence-electron chi connectivity index (χ3n) is 4.80. The van der Waals surface area contributed by atoms with Crippen LogP contribution >= 0.6 is 11.5 Å². The van der Waals surface area contributed by atoms with Crippen LogP contribution in [-0.4, -0.2) is 46.3 Å². The van der Waals surface area contributed by atoms with Crippen LogP contribution in [0.1, 0.15) is 50.8 Å². The van der Waals surface area contributed by atoms with Crippen molar-refractivity contribution in [2.24, 2.45) is 5.92 Å². The first-order valence-electron chi connectivity index (χ1n) is 8.58. The molecule has 5 nitrogen and oxygen atoms in total. The maximum Gasteiger partial charge on any atom is 0.225 e. The molecule has 1 aromatic rings. The van der Waals surface area contributed by atoms with Gasteiger partial charge in [0.15, 0.2) is 0 Å². The number of amides is 1. The fourth-order valence-electron chi connectivity index (χ4n) is 3.53. The lowest BCUT2D eigenvalue weighted by Crippen LogP contribution is -2.39. The van der Waals surface area contributed by atoms with Gasteiger partial charge >= 0.3 is 0 Å². The molecule has 0 spiro atoms. The second-order valence-corrected chi connectivity index (χ2v) is 7.21. The summed E-state index contributed by atoms with van der Waals surface area (Å²) in [4.78, 5) is 21.6. The monoisotopic (exact) mass is 322 g/mol. The standard InChI is InChI=1S/C16H26N4OS/c1-13-17-16(22-18-13)20-10-6-9-19(11-12-20)15(21)14-7-4-2-3-5-8-14/h14H,2-12H2,1H3. The molecule has 0 N–H and O–H groups in total. The van der Waals surface area contributed by atoms with Crippen LogP contribution in [0, 0.1) is 12.8 Å². The number of aromatic nitrogens is 2. The van der Waals surface area contributed by atoms with E-state index in [9.17, 15) is 4.79 Å². The van der Waals surface area contributed by atoms with Crippen LogP contribution in [0.15, 0.2) is 0 Å². The molecule has 6 heteroatoms. The summed E-state index contributed by atoms with van der Waals surface area (Å²) in [5, 5.41) is 1.00. The quantitative estimate of drug-likeness (QED) is 0.786. The Hall–Kier alpha value is -1.17. The Balaban J connectivity index is 1.58. The smallest absolute Gasteiger partial charge is 0.225 e. The minimum Gasteiger partial charge on any atom is -0.345 e. The van der Waals surface area contributed by atoms with E-state index in [0.717, 1.165) is 56.4 Å². The van der Waals surface area contributed by atoms with Crippen LogP contribution in [0.4, 0.5) is 5.13 Å². The van der Waals surface area contributed by atoms with Gasteiger partial charge in [-0.3, -0.25) is 4.79 Å². The molecule has 2 heterocycles. The summed E-state index contributed by atoms with van der Waals surface area (Å²) in [5.74, 6) is 1.52. The van der Waals surface area contributed by atoms with Gasteiger partial charge in [0.05, 0.1) is 0 Å². The van der Waals surface area contributed by atoms with Crippen molar-refractivity contribution in [1.29, 1.82) is 0 Å². The Morgan fingerprint density at radius 3 is 2.50 bits per heavy atom. The van der Waals surface area contributed by atoms with Gasteiger partial charge in [0.25, 0.3) is 0 Å². The first-order chi connectivity index (χ1) is 10.7. The molecule has 2 fully saturated rings. The van der Waals surface area contributed by atoms with Gasteiger partial charge in [0.2, 0.25) is 11.0 Å². The zero-order valence-corrected chi connectivity index (χ0v) is 14.3. The number of carbonyl (C=O) groups excluding carboxylic acids is 1. The molecule has 0 unspecified atom stereocenters. The third-order valence-corrected chi connectivity index (χ3v) is 5.67. The van der Waals surface area contributed by atoms with Gasteiger partial charge in [-0.05, 0) is 26.2 Å². The zero-order chi connectivity index (χ0) is 15.4. The SMILES string of the molecule is Cc1nsc(N2CCCN(C(=O)C3CCCCCC3)CC2)n1. The highest BCUT2D eigenvalue weighted by molar-refractivity contribution is 7.09. The highest BCUT2D eigenvalue weighted by Crippen LogP contribution is 2.25. The molecule has 0 atom stereocenters. The molecule has 1 amide bonds. The first kappa shape index (κ1) is 15.7. The van der Waals surface area contributed by atoms with E-state index in [2.05, 4.69) is 19.2 Å². The van der Waals surface area contributed by atoms with E-state index in [1.54, 1.807) is 0 Å². The normalized spacial score (nSPS) is 21.5. The van der Waals surface area contributed by atoms with Crippen LogP contribution in [0.5, 0.6) is 0 Å². The molecule has 0 radical (unpaired) electrons. The minimum atomic E-state index is 0.276. The van der Waals surface area contributed by atoms with Gasteiger partial charge in [-0.15, -0.1) is 0 Å². The second kappa shape index (κ2) is 7.40. The summed E-state index contributed by atoms with van der Waals surface area (Å²) in [7, 11) is 0. The van der Waals surface area contributed by atoms with Gasteiger partial charge in [0, 0.05) is 43.6 Å². The van der Waals surface area contributed by atoms with Crippen molar-refractivity contribution < 1.29 is 4.79 Å². The van der Waals surface area contributed by atoms with Gasteiger partial charge in [-0.1, -0.05) is 25.7 Å². The van der Waals surface area contributed by atoms with Crippen LogP contribution in [0.25, 0.3) is 0 Å². The van der Waals surface area contributed by atoms with Crippen LogP contribution in [-0.2, 0) is 4.79 Å². The van der Waals surface area contributed by atoms with Crippen molar-refractivity contribution in [2.75, 3.05) is 31.1 Å². The first-order valence-corrected chi connectivity index (χ1v) is 9.35. The summed E-state index contributed by atoms with van der Waals surface area (Å²) in [6.07, 6.45) is 8.25. The van der Waals surface area contributed by atoms with E-state index in [0.29, 0.717) is 5.91 Å². The summed E-state index contributed by atoms with van der Waals surface area (Å²) in [5.41, 5.74) is 0. The number of aryl methyl sites for hydroxylation is 1. The number of hydrogen-bond acceptors (Lipinski definition) is 5. The Morgan fingerprint density at radius 2 is 1.82 bits per heavy atom. The Bertz CT molecular complexity index is 496. The van der Waals surface area contributed by atoms with E-state index < -0.39 is 0 Å². The molecule has 0 bridgehead atoms. The average molecular weight is 322 g/mol. The third kappa shape index (κ3) is 3.77. The molecule has 3 rings (SSSR count). The molecular weight excluding hydrogens is 296 g/mol. The van der Waals surface area contributed by atoms with Crippen LogP contribution < -0.4 is 4.90 Å². The van der Waals surface area contributed by atoms with Crippen molar-refractivity contribution in [3.63, 3.8) is 0 Å². The summed E-state index contributed by atoms with van der Waals surface area (Å²) in [6.45, 7) is 5.51. The molecule has 1 aliphatic carbocycles. The van der Waals surface area contributed by atoms with E-state index >= 15 is 0 Å². The van der Waals surface area contributed by atoms with Gasteiger partial charge < -0.3 is 9.80 Å². The van der Waals surface area contributed by atoms with E-state index in [1.807, 2.05) is 6.92 Å². The number of carbonyl (C=O) groups is 1. The van der Waals surface area contributed by atoms with E-state index in [-0.39, 0.29) is 5.92 Å². The highest BCUT2D eigenvalue weighted by Gasteiger charge is 2.27. The van der Waals surface area contributed by atoms with Crippen LogP contribution in [0.2, 0.25) is 0 Å². The van der Waals surface area contributed by atoms with Crippen molar-refractivity contribution in [3.8, 4) is 0 Å². The Kier molecular flexibility index (Phi) is 5.28. The topological polar surface area (TPSA) is 49.3 Å². The van der Waals surface area contributed by atoms with Crippen molar-refractivity contribution in [3.05, 3.63) is 5.82 Å². The molecule has 1 aromatic heterocycles. The summed E-state index contributed by atoms with van der Waals surface area (Å²) >= 11 is 1.47. The number of rotatable bonds is 2. The fourth-order valence-corrected chi connectivity index (χ4v) is 4.25. The predicted octanol–water partition coefficient (Wildman–Crippen LogP) is 2.86. The highest BCUT2D eigenvalue weighted by atomic mass is 32.1. The Morgan fingerprint density at radius 1 is 1.05 bits per heavy atom. The molecule has 1 saturated carbocycles. The molecule has 22 heavy (non-hydrogen) atoms. The lowest BCUT2D eigenvalue weighted by atomic mass is 9.98. The van der Waals surface area contributed by atoms with E-state index in [1.165, 1.54) is 37.2 Å². The molecule has 1 saturated heterocycles. The lowest BCUT2D eigenvalue weighted by molar-refractivity contribution is -0.135. The maximum absolute atomic E-state index is 12.8. The average Bonchev–Trinajstić information content (AvgIpc) is 2.77. The van der Waals surface area contributed by atoms with Crippen molar-refractivity contribution >= 4 is 22.6 Å². The number of hydrogen-bond donors (Lipinski definition) is 0. The van der Waals surface area contributed by atoms with Gasteiger partial charge in [0.1, 0.15) is 5.82 Å². The molecule has 122 valence electrons. The van der Waals surface area contributed by atoms with Gasteiger partial charge in [-0.2, -0.15) is 4.37 Å². The van der Waals surface area contributed by atoms with Crippen LogP contribution in [0.3, 0.4) is 0 Å². The summed E-state index contributed by atoms with van der Waals surface area (Å²) in [6, 6.07) is 0. The fraction of sp³-hybridized carbons (Fsp3) is 0.812. The second-order valence-electron chi connectivity index (χ2n) is 6.48. The largest absolute Gasteiger partial charge is 0.345 e. The predicted molar refractivity (Wildman–Crippen MR) is 89.2 cm³/mol. The molecule has 1 aliphatic heterocycles. The lowest BCUT2D eigenvalue weighted by Gasteiger charge is -2.25. The van der Waals surface area contributed by atoms with Gasteiger partial charge in [-0.25, -0.2) is 4.98 Å². The number of nitrogens with zero attached hydrogens (tertiary/aromatic N) is 4. The maximum atomic E-state index is 12.8. The molecular formula is C16H26N4OS. The molecule has 0 aromatic carbocycles. The van der Waals surface area contributed by atoms with Crippen molar-refractivity contribution in [1.82, 2.24) is 14.3 Å². The minimum absolute atomic E-state index is 0.276. The van der Waals surface area contributed by atoms with E-state index in [4.69, 9.17) is 0 Å².